The van der Waals surface area contributed by atoms with Gasteiger partial charge in [0.2, 0.25) is 5.91 Å². The lowest BCUT2D eigenvalue weighted by molar-refractivity contribution is -0.121. The van der Waals surface area contributed by atoms with Crippen molar-refractivity contribution in [1.82, 2.24) is 20.9 Å². The van der Waals surface area contributed by atoms with Gasteiger partial charge in [-0.2, -0.15) is 0 Å². The fraction of sp³-hybridized carbons (Fsp3) is 0.733. The maximum absolute atomic E-state index is 11.9. The summed E-state index contributed by atoms with van der Waals surface area (Å²) in [4.78, 5) is 25.5. The Morgan fingerprint density at radius 1 is 1.38 bits per heavy atom. The van der Waals surface area contributed by atoms with Gasteiger partial charge in [-0.1, -0.05) is 13.0 Å². The van der Waals surface area contributed by atoms with Crippen molar-refractivity contribution in [2.24, 2.45) is 5.92 Å². The number of hydrogen-bond donors (Lipinski definition) is 3. The third-order valence-electron chi connectivity index (χ3n) is 3.54. The van der Waals surface area contributed by atoms with E-state index in [1.807, 2.05) is 0 Å². The zero-order valence-corrected chi connectivity index (χ0v) is 13.0. The second kappa shape index (κ2) is 10.3. The Hall–Kier alpha value is -1.40. The van der Waals surface area contributed by atoms with Gasteiger partial charge >= 0.3 is 6.03 Å². The number of urea groups is 1. The minimum atomic E-state index is -0.460. The van der Waals surface area contributed by atoms with Crippen LogP contribution in [0.4, 0.5) is 4.79 Å². The molecule has 0 aliphatic carbocycles. The second-order valence-electron chi connectivity index (χ2n) is 5.48. The van der Waals surface area contributed by atoms with Gasteiger partial charge in [-0.3, -0.25) is 15.0 Å². The minimum absolute atomic E-state index is 0.251. The molecule has 0 spiro atoms. The lowest BCUT2D eigenvalue weighted by atomic mass is 9.97. The number of nitrogens with one attached hydrogen (secondary N) is 3. The van der Waals surface area contributed by atoms with E-state index in [1.54, 1.807) is 6.08 Å². The number of hydrogen-bond acceptors (Lipinski definition) is 4. The van der Waals surface area contributed by atoms with Crippen LogP contribution in [0.1, 0.15) is 26.2 Å². The van der Waals surface area contributed by atoms with Crippen molar-refractivity contribution in [1.29, 1.82) is 0 Å². The summed E-state index contributed by atoms with van der Waals surface area (Å²) in [7, 11) is 0. The molecular weight excluding hydrogens is 268 g/mol. The van der Waals surface area contributed by atoms with Crippen molar-refractivity contribution < 1.29 is 9.59 Å². The first kappa shape index (κ1) is 17.7. The van der Waals surface area contributed by atoms with Crippen LogP contribution in [-0.2, 0) is 4.79 Å². The summed E-state index contributed by atoms with van der Waals surface area (Å²) >= 11 is 0. The van der Waals surface area contributed by atoms with Crippen LogP contribution in [0.2, 0.25) is 0 Å². The number of carbonyl (C=O) groups is 2. The van der Waals surface area contributed by atoms with Crippen LogP contribution >= 0.6 is 0 Å². The van der Waals surface area contributed by atoms with Crippen molar-refractivity contribution in [3.8, 4) is 0 Å². The molecule has 6 heteroatoms. The summed E-state index contributed by atoms with van der Waals surface area (Å²) in [6.45, 7) is 10.2. The summed E-state index contributed by atoms with van der Waals surface area (Å²) in [5.74, 6) is 0.388. The molecule has 0 aromatic rings. The minimum Gasteiger partial charge on any atom is -0.334 e. The Labute approximate surface area is 127 Å². The topological polar surface area (TPSA) is 73.5 Å². The summed E-state index contributed by atoms with van der Waals surface area (Å²) in [5.41, 5.74) is 0. The molecule has 1 fully saturated rings. The Bertz CT molecular complexity index is 341. The Morgan fingerprint density at radius 3 is 2.71 bits per heavy atom. The molecule has 3 N–H and O–H groups in total. The van der Waals surface area contributed by atoms with E-state index in [-0.39, 0.29) is 12.5 Å². The number of imide groups is 1. The highest BCUT2D eigenvalue weighted by Gasteiger charge is 2.19. The summed E-state index contributed by atoms with van der Waals surface area (Å²) in [6.07, 6.45) is 4.88. The van der Waals surface area contributed by atoms with Crippen LogP contribution in [-0.4, -0.2) is 56.1 Å². The fourth-order valence-corrected chi connectivity index (χ4v) is 2.56. The largest absolute Gasteiger partial charge is 0.334 e. The third-order valence-corrected chi connectivity index (χ3v) is 3.54. The molecular formula is C15H28N4O2. The molecule has 6 nitrogen and oxygen atoms in total. The third kappa shape index (κ3) is 7.82. The lowest BCUT2D eigenvalue weighted by Crippen LogP contribution is -2.46. The van der Waals surface area contributed by atoms with Gasteiger partial charge in [0.15, 0.2) is 0 Å². The van der Waals surface area contributed by atoms with E-state index in [1.165, 1.54) is 0 Å². The average Bonchev–Trinajstić information content (AvgIpc) is 2.46. The van der Waals surface area contributed by atoms with Gasteiger partial charge in [-0.15, -0.1) is 6.58 Å². The number of nitrogens with zero attached hydrogens (tertiary/aromatic N) is 1. The average molecular weight is 296 g/mol. The van der Waals surface area contributed by atoms with Gasteiger partial charge in [0.1, 0.15) is 0 Å². The molecule has 120 valence electrons. The van der Waals surface area contributed by atoms with Crippen LogP contribution < -0.4 is 16.0 Å². The van der Waals surface area contributed by atoms with Gasteiger partial charge < -0.3 is 10.6 Å². The van der Waals surface area contributed by atoms with Crippen molar-refractivity contribution in [3.05, 3.63) is 12.7 Å². The van der Waals surface area contributed by atoms with Crippen molar-refractivity contribution >= 4 is 11.9 Å². The number of amides is 3. The Morgan fingerprint density at radius 2 is 2.10 bits per heavy atom. The van der Waals surface area contributed by atoms with Crippen LogP contribution in [0.15, 0.2) is 12.7 Å². The van der Waals surface area contributed by atoms with Crippen molar-refractivity contribution in [2.45, 2.75) is 26.2 Å². The molecule has 0 radical (unpaired) electrons. The maximum Gasteiger partial charge on any atom is 0.321 e. The number of rotatable bonds is 8. The second-order valence-corrected chi connectivity index (χ2v) is 5.48. The SMILES string of the molecule is C=CCNC(=O)NC(=O)CN(CCC)CC1CCNCC1. The van der Waals surface area contributed by atoms with E-state index < -0.39 is 6.03 Å². The molecule has 1 rings (SSSR count). The Kier molecular flexibility index (Phi) is 8.69. The lowest BCUT2D eigenvalue weighted by Gasteiger charge is -2.29. The molecule has 1 aliphatic rings. The normalized spacial score (nSPS) is 15.7. The highest BCUT2D eigenvalue weighted by molar-refractivity contribution is 5.95. The zero-order chi connectivity index (χ0) is 15.5. The Balaban J connectivity index is 2.35. The molecule has 0 bridgehead atoms. The predicted molar refractivity (Wildman–Crippen MR) is 84.1 cm³/mol. The molecule has 0 aromatic carbocycles. The summed E-state index contributed by atoms with van der Waals surface area (Å²) in [6, 6.07) is -0.460. The van der Waals surface area contributed by atoms with Crippen molar-refractivity contribution in [2.75, 3.05) is 39.3 Å². The van der Waals surface area contributed by atoms with E-state index in [0.717, 1.165) is 45.4 Å². The van der Waals surface area contributed by atoms with E-state index >= 15 is 0 Å². The zero-order valence-electron chi connectivity index (χ0n) is 13.0. The van der Waals surface area contributed by atoms with Crippen LogP contribution in [0.5, 0.6) is 0 Å². The summed E-state index contributed by atoms with van der Waals surface area (Å²) in [5, 5.41) is 8.23. The van der Waals surface area contributed by atoms with Gasteiger partial charge in [0.25, 0.3) is 0 Å². The molecule has 1 aliphatic heterocycles. The molecule has 0 aromatic heterocycles. The quantitative estimate of drug-likeness (QED) is 0.577. The van der Waals surface area contributed by atoms with Crippen LogP contribution in [0.3, 0.4) is 0 Å². The van der Waals surface area contributed by atoms with Gasteiger partial charge in [-0.25, -0.2) is 4.79 Å². The van der Waals surface area contributed by atoms with Gasteiger partial charge in [-0.05, 0) is 44.8 Å². The molecule has 3 amide bonds. The molecule has 0 unspecified atom stereocenters. The fourth-order valence-electron chi connectivity index (χ4n) is 2.56. The van der Waals surface area contributed by atoms with Crippen molar-refractivity contribution in [3.63, 3.8) is 0 Å². The molecule has 0 saturated carbocycles. The summed E-state index contributed by atoms with van der Waals surface area (Å²) < 4.78 is 0. The molecule has 1 saturated heterocycles. The predicted octanol–water partition coefficient (Wildman–Crippen LogP) is 0.710. The number of carbonyl (C=O) groups excluding carboxylic acids is 2. The molecule has 0 atom stereocenters. The first-order valence-corrected chi connectivity index (χ1v) is 7.77. The molecule has 21 heavy (non-hydrogen) atoms. The number of piperidine rings is 1. The van der Waals surface area contributed by atoms with E-state index in [2.05, 4.69) is 34.4 Å². The highest BCUT2D eigenvalue weighted by Crippen LogP contribution is 2.13. The van der Waals surface area contributed by atoms with Gasteiger partial charge in [0.05, 0.1) is 6.54 Å². The molecule has 1 heterocycles. The highest BCUT2D eigenvalue weighted by atomic mass is 16.2. The van der Waals surface area contributed by atoms with E-state index in [4.69, 9.17) is 0 Å². The smallest absolute Gasteiger partial charge is 0.321 e. The van der Waals surface area contributed by atoms with Crippen LogP contribution in [0.25, 0.3) is 0 Å². The van der Waals surface area contributed by atoms with Crippen LogP contribution in [0, 0.1) is 5.92 Å². The standard InChI is InChI=1S/C15H28N4O2/c1-3-7-17-15(21)18-14(20)12-19(10-4-2)11-13-5-8-16-9-6-13/h3,13,16H,1,4-12H2,2H3,(H2,17,18,20,21). The van der Waals surface area contributed by atoms with E-state index in [0.29, 0.717) is 12.5 Å². The van der Waals surface area contributed by atoms with Gasteiger partial charge in [0, 0.05) is 13.1 Å². The maximum atomic E-state index is 11.9. The van der Waals surface area contributed by atoms with E-state index in [9.17, 15) is 9.59 Å². The monoisotopic (exact) mass is 296 g/mol. The first-order valence-electron chi connectivity index (χ1n) is 7.77. The first-order chi connectivity index (χ1) is 10.2.